The minimum absolute atomic E-state index is 0.0197. The number of aromatic amines is 1. The van der Waals surface area contributed by atoms with Crippen LogP contribution in [-0.4, -0.2) is 15.7 Å². The highest BCUT2D eigenvalue weighted by molar-refractivity contribution is 7.99. The van der Waals surface area contributed by atoms with Gasteiger partial charge in [0.2, 0.25) is 0 Å². The zero-order valence-corrected chi connectivity index (χ0v) is 13.4. The highest BCUT2D eigenvalue weighted by atomic mass is 32.2. The molecule has 1 atom stereocenters. The maximum Gasteiger partial charge on any atom is 0.260 e. The first-order valence-electron chi connectivity index (χ1n) is 6.86. The van der Waals surface area contributed by atoms with Crippen molar-refractivity contribution in [2.24, 2.45) is 5.92 Å². The molecule has 2 aromatic heterocycles. The summed E-state index contributed by atoms with van der Waals surface area (Å²) in [4.78, 5) is 22.1. The average Bonchev–Trinajstić information content (AvgIpc) is 2.73. The SMILES string of the molecule is C=C(C)CSc1nc2sc3c(c2c(=O)[nH]1)CCC(C)C3. The van der Waals surface area contributed by atoms with Crippen molar-refractivity contribution in [3.63, 3.8) is 0 Å². The van der Waals surface area contributed by atoms with Crippen LogP contribution in [0.2, 0.25) is 0 Å². The summed E-state index contributed by atoms with van der Waals surface area (Å²) in [6, 6.07) is 0. The lowest BCUT2D eigenvalue weighted by atomic mass is 9.89. The van der Waals surface area contributed by atoms with Gasteiger partial charge in [0.25, 0.3) is 5.56 Å². The molecule has 2 heterocycles. The largest absolute Gasteiger partial charge is 0.301 e. The molecule has 1 unspecified atom stereocenters. The van der Waals surface area contributed by atoms with Gasteiger partial charge in [-0.15, -0.1) is 11.3 Å². The maximum atomic E-state index is 12.3. The van der Waals surface area contributed by atoms with Crippen molar-refractivity contribution in [3.05, 3.63) is 32.9 Å². The lowest BCUT2D eigenvalue weighted by Gasteiger charge is -2.17. The first-order valence-corrected chi connectivity index (χ1v) is 8.66. The molecule has 0 saturated heterocycles. The van der Waals surface area contributed by atoms with E-state index in [1.165, 1.54) is 16.9 Å². The number of nitrogens with one attached hydrogen (secondary N) is 1. The first kappa shape index (κ1) is 13.9. The van der Waals surface area contributed by atoms with Crippen molar-refractivity contribution in [2.45, 2.75) is 38.3 Å². The summed E-state index contributed by atoms with van der Waals surface area (Å²) in [5.74, 6) is 1.50. The molecule has 0 spiro atoms. The number of thioether (sulfide) groups is 1. The molecule has 2 aromatic rings. The Balaban J connectivity index is 2.05. The van der Waals surface area contributed by atoms with Crippen LogP contribution < -0.4 is 5.56 Å². The number of H-pyrrole nitrogens is 1. The fourth-order valence-electron chi connectivity index (χ4n) is 2.59. The Morgan fingerprint density at radius 3 is 3.15 bits per heavy atom. The molecular formula is C15H18N2OS2. The molecule has 0 aromatic carbocycles. The number of aromatic nitrogens is 2. The van der Waals surface area contributed by atoms with E-state index < -0.39 is 0 Å². The van der Waals surface area contributed by atoms with Crippen molar-refractivity contribution in [1.29, 1.82) is 0 Å². The number of rotatable bonds is 3. The van der Waals surface area contributed by atoms with Crippen LogP contribution in [-0.2, 0) is 12.8 Å². The fraction of sp³-hybridized carbons (Fsp3) is 0.467. The molecule has 1 aliphatic carbocycles. The minimum Gasteiger partial charge on any atom is -0.301 e. The molecule has 0 amide bonds. The fourth-order valence-corrected chi connectivity index (χ4v) is 4.73. The van der Waals surface area contributed by atoms with Gasteiger partial charge in [0.15, 0.2) is 5.16 Å². The van der Waals surface area contributed by atoms with Crippen molar-refractivity contribution < 1.29 is 0 Å². The lowest BCUT2D eigenvalue weighted by Crippen LogP contribution is -2.13. The molecule has 1 N–H and O–H groups in total. The van der Waals surface area contributed by atoms with Gasteiger partial charge < -0.3 is 4.98 Å². The van der Waals surface area contributed by atoms with E-state index in [1.54, 1.807) is 23.1 Å². The van der Waals surface area contributed by atoms with Gasteiger partial charge in [-0.3, -0.25) is 4.79 Å². The van der Waals surface area contributed by atoms with Crippen molar-refractivity contribution >= 4 is 33.3 Å². The van der Waals surface area contributed by atoms with Gasteiger partial charge in [-0.25, -0.2) is 4.98 Å². The molecule has 20 heavy (non-hydrogen) atoms. The van der Waals surface area contributed by atoms with Crippen molar-refractivity contribution in [3.8, 4) is 0 Å². The zero-order valence-electron chi connectivity index (χ0n) is 11.8. The van der Waals surface area contributed by atoms with E-state index in [2.05, 4.69) is 23.5 Å². The molecule has 3 rings (SSSR count). The molecule has 1 aliphatic rings. The summed E-state index contributed by atoms with van der Waals surface area (Å²) in [7, 11) is 0. The third-order valence-corrected chi connectivity index (χ3v) is 5.85. The van der Waals surface area contributed by atoms with E-state index in [9.17, 15) is 4.79 Å². The van der Waals surface area contributed by atoms with E-state index in [-0.39, 0.29) is 5.56 Å². The third kappa shape index (κ3) is 2.56. The summed E-state index contributed by atoms with van der Waals surface area (Å²) >= 11 is 3.24. The Labute approximate surface area is 126 Å². The van der Waals surface area contributed by atoms with Crippen molar-refractivity contribution in [2.75, 3.05) is 5.75 Å². The average molecular weight is 306 g/mol. The molecule has 0 bridgehead atoms. The Morgan fingerprint density at radius 2 is 2.40 bits per heavy atom. The van der Waals surface area contributed by atoms with Gasteiger partial charge in [-0.2, -0.15) is 0 Å². The standard InChI is InChI=1S/C15H18N2OS2/c1-8(2)7-19-15-16-13(18)12-10-5-4-9(3)6-11(10)20-14(12)17-15/h9H,1,4-7H2,2-3H3,(H,16,17,18). The lowest BCUT2D eigenvalue weighted by molar-refractivity contribution is 0.509. The zero-order chi connectivity index (χ0) is 14.3. The number of nitrogens with zero attached hydrogens (tertiary/aromatic N) is 1. The minimum atomic E-state index is 0.0197. The van der Waals surface area contributed by atoms with Gasteiger partial charge in [0.1, 0.15) is 4.83 Å². The highest BCUT2D eigenvalue weighted by Crippen LogP contribution is 2.36. The molecule has 106 valence electrons. The van der Waals surface area contributed by atoms with E-state index in [4.69, 9.17) is 0 Å². The van der Waals surface area contributed by atoms with Crippen LogP contribution in [0.25, 0.3) is 10.2 Å². The van der Waals surface area contributed by atoms with Gasteiger partial charge >= 0.3 is 0 Å². The summed E-state index contributed by atoms with van der Waals surface area (Å²) in [5, 5.41) is 1.54. The van der Waals surface area contributed by atoms with Gasteiger partial charge in [-0.05, 0) is 37.7 Å². The maximum absolute atomic E-state index is 12.3. The predicted octanol–water partition coefficient (Wildman–Crippen LogP) is 3.78. The monoisotopic (exact) mass is 306 g/mol. The Bertz CT molecular complexity index is 729. The van der Waals surface area contributed by atoms with E-state index in [0.717, 1.165) is 34.4 Å². The molecule has 3 nitrogen and oxygen atoms in total. The van der Waals surface area contributed by atoms with Crippen LogP contribution in [0.3, 0.4) is 0 Å². The number of hydrogen-bond donors (Lipinski definition) is 1. The molecule has 0 fully saturated rings. The number of hydrogen-bond acceptors (Lipinski definition) is 4. The van der Waals surface area contributed by atoms with Crippen LogP contribution in [0.4, 0.5) is 0 Å². The Morgan fingerprint density at radius 1 is 1.60 bits per heavy atom. The van der Waals surface area contributed by atoms with Crippen LogP contribution in [0.5, 0.6) is 0 Å². The van der Waals surface area contributed by atoms with Crippen molar-refractivity contribution in [1.82, 2.24) is 9.97 Å². The molecule has 5 heteroatoms. The summed E-state index contributed by atoms with van der Waals surface area (Å²) < 4.78 is 0. The summed E-state index contributed by atoms with van der Waals surface area (Å²) in [6.07, 6.45) is 3.27. The van der Waals surface area contributed by atoms with E-state index >= 15 is 0 Å². The normalized spacial score (nSPS) is 18.2. The number of aryl methyl sites for hydroxylation is 1. The third-order valence-electron chi connectivity index (χ3n) is 3.60. The predicted molar refractivity (Wildman–Crippen MR) is 87.0 cm³/mol. The molecule has 0 radical (unpaired) electrons. The smallest absolute Gasteiger partial charge is 0.260 e. The second-order valence-corrected chi connectivity index (χ2v) is 7.70. The molecular weight excluding hydrogens is 288 g/mol. The summed E-state index contributed by atoms with van der Waals surface area (Å²) in [5.41, 5.74) is 2.34. The Kier molecular flexibility index (Phi) is 3.73. The molecule has 0 aliphatic heterocycles. The van der Waals surface area contributed by atoms with Gasteiger partial charge in [0.05, 0.1) is 5.39 Å². The van der Waals surface area contributed by atoms with E-state index in [1.807, 2.05) is 6.92 Å². The second-order valence-electron chi connectivity index (χ2n) is 5.65. The summed E-state index contributed by atoms with van der Waals surface area (Å²) in [6.45, 7) is 8.14. The number of fused-ring (bicyclic) bond motifs is 3. The second kappa shape index (κ2) is 5.37. The van der Waals surface area contributed by atoms with Crippen LogP contribution in [0.15, 0.2) is 22.1 Å². The first-order chi connectivity index (χ1) is 9.54. The van der Waals surface area contributed by atoms with Gasteiger partial charge in [-0.1, -0.05) is 30.8 Å². The highest BCUT2D eigenvalue weighted by Gasteiger charge is 2.22. The van der Waals surface area contributed by atoms with Gasteiger partial charge in [0, 0.05) is 10.6 Å². The quantitative estimate of drug-likeness (QED) is 0.533. The van der Waals surface area contributed by atoms with Crippen LogP contribution in [0.1, 0.15) is 30.7 Å². The van der Waals surface area contributed by atoms with Crippen LogP contribution >= 0.6 is 23.1 Å². The van der Waals surface area contributed by atoms with Crippen LogP contribution in [0, 0.1) is 5.92 Å². The Hall–Kier alpha value is -1.07. The van der Waals surface area contributed by atoms with E-state index in [0.29, 0.717) is 11.1 Å². The number of thiophene rings is 1. The topological polar surface area (TPSA) is 45.8 Å². The molecule has 0 saturated carbocycles.